The van der Waals surface area contributed by atoms with Crippen molar-refractivity contribution < 1.29 is 4.79 Å². The molecular formula is C19H13N3O. The molecule has 0 fully saturated rings. The number of amides is 1. The monoisotopic (exact) mass is 299 g/mol. The van der Waals surface area contributed by atoms with Gasteiger partial charge in [-0.15, -0.1) is 0 Å². The van der Waals surface area contributed by atoms with Crippen molar-refractivity contribution >= 4 is 27.7 Å². The second kappa shape index (κ2) is 5.18. The van der Waals surface area contributed by atoms with E-state index in [-0.39, 0.29) is 0 Å². The van der Waals surface area contributed by atoms with Gasteiger partial charge in [-0.1, -0.05) is 36.4 Å². The van der Waals surface area contributed by atoms with Crippen molar-refractivity contribution in [3.8, 4) is 11.3 Å². The van der Waals surface area contributed by atoms with E-state index < -0.39 is 5.91 Å². The molecule has 2 N–H and O–H groups in total. The van der Waals surface area contributed by atoms with Gasteiger partial charge >= 0.3 is 0 Å². The van der Waals surface area contributed by atoms with Crippen LogP contribution in [-0.2, 0) is 0 Å². The molecule has 0 aliphatic heterocycles. The van der Waals surface area contributed by atoms with E-state index in [1.54, 1.807) is 24.4 Å². The maximum absolute atomic E-state index is 11.2. The summed E-state index contributed by atoms with van der Waals surface area (Å²) in [7, 11) is 0. The second-order valence-corrected chi connectivity index (χ2v) is 5.38. The minimum absolute atomic E-state index is 0.435. The lowest BCUT2D eigenvalue weighted by atomic mass is 10.1. The molecule has 0 aliphatic carbocycles. The number of nitrogens with zero attached hydrogens (tertiary/aromatic N) is 2. The van der Waals surface area contributed by atoms with E-state index in [4.69, 9.17) is 5.73 Å². The Balaban J connectivity index is 1.84. The summed E-state index contributed by atoms with van der Waals surface area (Å²) in [5.74, 6) is -0.465. The lowest BCUT2D eigenvalue weighted by Crippen LogP contribution is -2.10. The zero-order valence-electron chi connectivity index (χ0n) is 12.2. The van der Waals surface area contributed by atoms with E-state index in [0.717, 1.165) is 22.2 Å². The molecule has 1 aromatic heterocycles. The molecule has 1 amide bonds. The zero-order chi connectivity index (χ0) is 15.8. The molecule has 0 spiro atoms. The molecule has 0 saturated carbocycles. The molecule has 0 bridgehead atoms. The van der Waals surface area contributed by atoms with E-state index in [1.807, 2.05) is 18.2 Å². The van der Waals surface area contributed by atoms with Crippen molar-refractivity contribution in [3.05, 3.63) is 72.4 Å². The van der Waals surface area contributed by atoms with Crippen molar-refractivity contribution in [2.45, 2.75) is 0 Å². The number of carbonyl (C=O) groups is 1. The van der Waals surface area contributed by atoms with E-state index in [2.05, 4.69) is 34.2 Å². The number of nitrogens with two attached hydrogens (primary N) is 1. The van der Waals surface area contributed by atoms with Crippen LogP contribution in [-0.4, -0.2) is 15.9 Å². The van der Waals surface area contributed by atoms with Crippen molar-refractivity contribution in [2.24, 2.45) is 5.73 Å². The summed E-state index contributed by atoms with van der Waals surface area (Å²) < 4.78 is 0. The number of hydrogen-bond donors (Lipinski definition) is 1. The van der Waals surface area contributed by atoms with Crippen LogP contribution in [0, 0.1) is 0 Å². The molecule has 4 heteroatoms. The number of rotatable bonds is 2. The minimum atomic E-state index is -0.465. The Hall–Kier alpha value is -3.27. The van der Waals surface area contributed by atoms with Gasteiger partial charge in [-0.25, -0.2) is 4.98 Å². The predicted octanol–water partition coefficient (Wildman–Crippen LogP) is 3.55. The largest absolute Gasteiger partial charge is 0.366 e. The number of primary amides is 1. The number of carbonyl (C=O) groups excluding carboxylic acids is 1. The first-order valence-electron chi connectivity index (χ1n) is 7.26. The van der Waals surface area contributed by atoms with Crippen LogP contribution in [0.4, 0.5) is 0 Å². The first-order valence-corrected chi connectivity index (χ1v) is 7.26. The third-order valence-electron chi connectivity index (χ3n) is 3.87. The number of aromatic nitrogens is 2. The van der Waals surface area contributed by atoms with Crippen LogP contribution < -0.4 is 5.73 Å². The van der Waals surface area contributed by atoms with Crippen LogP contribution in [0.25, 0.3) is 33.1 Å². The SMILES string of the molecule is NC(=O)c1ccc2nc(-c3ccc4ccccc4c3)cnc2c1. The maximum atomic E-state index is 11.2. The summed E-state index contributed by atoms with van der Waals surface area (Å²) in [6.45, 7) is 0. The van der Waals surface area contributed by atoms with Gasteiger partial charge in [0.25, 0.3) is 0 Å². The van der Waals surface area contributed by atoms with E-state index in [0.29, 0.717) is 11.1 Å². The van der Waals surface area contributed by atoms with Gasteiger partial charge in [0, 0.05) is 11.1 Å². The number of benzene rings is 3. The summed E-state index contributed by atoms with van der Waals surface area (Å²) in [5, 5.41) is 2.35. The maximum Gasteiger partial charge on any atom is 0.248 e. The highest BCUT2D eigenvalue weighted by Gasteiger charge is 2.06. The second-order valence-electron chi connectivity index (χ2n) is 5.38. The molecule has 23 heavy (non-hydrogen) atoms. The highest BCUT2D eigenvalue weighted by molar-refractivity contribution is 5.96. The van der Waals surface area contributed by atoms with Crippen LogP contribution in [0.15, 0.2) is 66.9 Å². The molecule has 0 radical (unpaired) electrons. The molecule has 0 unspecified atom stereocenters. The molecule has 4 rings (SSSR count). The highest BCUT2D eigenvalue weighted by atomic mass is 16.1. The van der Waals surface area contributed by atoms with Gasteiger partial charge in [-0.3, -0.25) is 9.78 Å². The Bertz CT molecular complexity index is 1060. The summed E-state index contributed by atoms with van der Waals surface area (Å²) in [5.41, 5.74) is 8.93. The van der Waals surface area contributed by atoms with Crippen molar-refractivity contribution in [1.29, 1.82) is 0 Å². The first kappa shape index (κ1) is 13.4. The Morgan fingerprint density at radius 3 is 2.52 bits per heavy atom. The first-order chi connectivity index (χ1) is 11.2. The Kier molecular flexibility index (Phi) is 3.01. The van der Waals surface area contributed by atoms with Gasteiger partial charge in [-0.05, 0) is 35.0 Å². The molecule has 1 heterocycles. The highest BCUT2D eigenvalue weighted by Crippen LogP contribution is 2.24. The fourth-order valence-corrected chi connectivity index (χ4v) is 2.65. The summed E-state index contributed by atoms with van der Waals surface area (Å²) in [4.78, 5) is 20.3. The normalized spacial score (nSPS) is 11.0. The van der Waals surface area contributed by atoms with Gasteiger partial charge in [-0.2, -0.15) is 0 Å². The van der Waals surface area contributed by atoms with E-state index in [9.17, 15) is 4.79 Å². The third-order valence-corrected chi connectivity index (χ3v) is 3.87. The zero-order valence-corrected chi connectivity index (χ0v) is 12.2. The van der Waals surface area contributed by atoms with Crippen LogP contribution >= 0.6 is 0 Å². The minimum Gasteiger partial charge on any atom is -0.366 e. The smallest absolute Gasteiger partial charge is 0.248 e. The number of fused-ring (bicyclic) bond motifs is 2. The fourth-order valence-electron chi connectivity index (χ4n) is 2.65. The topological polar surface area (TPSA) is 68.9 Å². The summed E-state index contributed by atoms with van der Waals surface area (Å²) in [6, 6.07) is 19.5. The summed E-state index contributed by atoms with van der Waals surface area (Å²) >= 11 is 0. The molecule has 110 valence electrons. The van der Waals surface area contributed by atoms with Gasteiger partial charge < -0.3 is 5.73 Å². The third kappa shape index (κ3) is 2.40. The lowest BCUT2D eigenvalue weighted by Gasteiger charge is -2.05. The molecule has 4 nitrogen and oxygen atoms in total. The van der Waals surface area contributed by atoms with Gasteiger partial charge in [0.1, 0.15) is 0 Å². The van der Waals surface area contributed by atoms with Gasteiger partial charge in [0.05, 0.1) is 22.9 Å². The predicted molar refractivity (Wildman–Crippen MR) is 91.0 cm³/mol. The Morgan fingerprint density at radius 1 is 0.870 bits per heavy atom. The lowest BCUT2D eigenvalue weighted by molar-refractivity contribution is 0.100. The molecule has 4 aromatic rings. The average Bonchev–Trinajstić information content (AvgIpc) is 2.60. The average molecular weight is 299 g/mol. The molecular weight excluding hydrogens is 286 g/mol. The molecule has 0 atom stereocenters. The molecule has 0 aliphatic rings. The van der Waals surface area contributed by atoms with Crippen LogP contribution in [0.1, 0.15) is 10.4 Å². The van der Waals surface area contributed by atoms with Crippen LogP contribution in [0.2, 0.25) is 0 Å². The molecule has 0 saturated heterocycles. The van der Waals surface area contributed by atoms with Crippen molar-refractivity contribution in [2.75, 3.05) is 0 Å². The van der Waals surface area contributed by atoms with Crippen molar-refractivity contribution in [3.63, 3.8) is 0 Å². The van der Waals surface area contributed by atoms with Gasteiger partial charge in [0.2, 0.25) is 5.91 Å². The summed E-state index contributed by atoms with van der Waals surface area (Å²) in [6.07, 6.45) is 1.72. The Labute approximate surface area is 132 Å². The standard InChI is InChI=1S/C19H13N3O/c20-19(23)15-7-8-16-17(10-15)21-11-18(22-16)14-6-5-12-3-1-2-4-13(12)9-14/h1-11H,(H2,20,23). The Morgan fingerprint density at radius 2 is 1.70 bits per heavy atom. The quantitative estimate of drug-likeness (QED) is 0.615. The van der Waals surface area contributed by atoms with Crippen LogP contribution in [0.3, 0.4) is 0 Å². The molecule has 3 aromatic carbocycles. The van der Waals surface area contributed by atoms with E-state index >= 15 is 0 Å². The van der Waals surface area contributed by atoms with E-state index in [1.165, 1.54) is 5.39 Å². The number of hydrogen-bond acceptors (Lipinski definition) is 3. The van der Waals surface area contributed by atoms with Crippen LogP contribution in [0.5, 0.6) is 0 Å². The van der Waals surface area contributed by atoms with Crippen molar-refractivity contribution in [1.82, 2.24) is 9.97 Å². The van der Waals surface area contributed by atoms with Gasteiger partial charge in [0.15, 0.2) is 0 Å². The fraction of sp³-hybridized carbons (Fsp3) is 0.